The molecule has 0 bridgehead atoms. The fourth-order valence-corrected chi connectivity index (χ4v) is 2.17. The Labute approximate surface area is 68.3 Å². The highest BCUT2D eigenvalue weighted by molar-refractivity contribution is 4.77. The van der Waals surface area contributed by atoms with Crippen LogP contribution in [0, 0.1) is 11.8 Å². The summed E-state index contributed by atoms with van der Waals surface area (Å²) in [6, 6.07) is 0. The molecule has 0 amide bonds. The molecule has 0 aliphatic carbocycles. The third-order valence-corrected chi connectivity index (χ3v) is 2.95. The third-order valence-electron chi connectivity index (χ3n) is 2.95. The van der Waals surface area contributed by atoms with Gasteiger partial charge in [-0.1, -0.05) is 0 Å². The van der Waals surface area contributed by atoms with Crippen molar-refractivity contribution < 1.29 is 4.74 Å². The molecule has 0 aromatic carbocycles. The van der Waals surface area contributed by atoms with Crippen LogP contribution in [0.15, 0.2) is 0 Å². The summed E-state index contributed by atoms with van der Waals surface area (Å²) < 4.78 is 5.38. The zero-order valence-corrected chi connectivity index (χ0v) is 6.96. The van der Waals surface area contributed by atoms with Gasteiger partial charge in [-0.2, -0.15) is 0 Å². The molecule has 2 heterocycles. The quantitative estimate of drug-likeness (QED) is 0.553. The molecule has 11 heavy (non-hydrogen) atoms. The average molecular weight is 154 g/mol. The van der Waals surface area contributed by atoms with Crippen LogP contribution in [0.4, 0.5) is 0 Å². The first-order chi connectivity index (χ1) is 5.47. The molecule has 63 valence electrons. The zero-order valence-electron chi connectivity index (χ0n) is 6.96. The lowest BCUT2D eigenvalue weighted by Crippen LogP contribution is -2.27. The number of ether oxygens (including phenoxy) is 1. The lowest BCUT2D eigenvalue weighted by molar-refractivity contribution is 0.162. The van der Waals surface area contributed by atoms with Gasteiger partial charge in [-0.05, 0) is 31.1 Å². The predicted molar refractivity (Wildman–Crippen MR) is 43.5 cm³/mol. The monoisotopic (exact) mass is 154 g/mol. The second-order valence-electron chi connectivity index (χ2n) is 3.63. The average Bonchev–Trinajstić information content (AvgIpc) is 2.58. The van der Waals surface area contributed by atoms with Crippen molar-refractivity contribution in [3.05, 3.63) is 0 Å². The predicted octanol–water partition coefficient (Wildman–Crippen LogP) is 1.04. The van der Waals surface area contributed by atoms with E-state index in [9.17, 15) is 0 Å². The molecule has 2 aliphatic rings. The van der Waals surface area contributed by atoms with Crippen molar-refractivity contribution >= 4 is 0 Å². The Morgan fingerprint density at radius 3 is 2.45 bits per heavy atom. The zero-order chi connectivity index (χ0) is 7.52. The molecule has 2 saturated heterocycles. The van der Waals surface area contributed by atoms with Gasteiger partial charge in [0.25, 0.3) is 0 Å². The SMILES string of the molecule is C1CC(C2CCOC2)CC[N]1. The molecular formula is C9H16NO. The lowest BCUT2D eigenvalue weighted by Gasteiger charge is -2.25. The Morgan fingerprint density at radius 2 is 1.82 bits per heavy atom. The maximum atomic E-state index is 5.38. The Hall–Kier alpha value is -0.0800. The van der Waals surface area contributed by atoms with Crippen molar-refractivity contribution in [1.82, 2.24) is 5.32 Å². The van der Waals surface area contributed by atoms with Gasteiger partial charge in [-0.15, -0.1) is 0 Å². The van der Waals surface area contributed by atoms with Crippen LogP contribution >= 0.6 is 0 Å². The van der Waals surface area contributed by atoms with E-state index in [0.29, 0.717) is 0 Å². The molecule has 0 saturated carbocycles. The Morgan fingerprint density at radius 1 is 1.00 bits per heavy atom. The van der Waals surface area contributed by atoms with Gasteiger partial charge in [0.1, 0.15) is 0 Å². The molecule has 0 spiro atoms. The van der Waals surface area contributed by atoms with Gasteiger partial charge in [0.05, 0.1) is 0 Å². The summed E-state index contributed by atoms with van der Waals surface area (Å²) in [5.74, 6) is 1.79. The highest BCUT2D eigenvalue weighted by Gasteiger charge is 2.26. The van der Waals surface area contributed by atoms with E-state index in [1.807, 2.05) is 0 Å². The maximum Gasteiger partial charge on any atom is 0.0497 e. The van der Waals surface area contributed by atoms with Crippen molar-refractivity contribution in [2.24, 2.45) is 11.8 Å². The molecule has 1 atom stereocenters. The van der Waals surface area contributed by atoms with E-state index in [1.165, 1.54) is 19.3 Å². The Kier molecular flexibility index (Phi) is 2.44. The molecule has 1 radical (unpaired) electrons. The minimum Gasteiger partial charge on any atom is -0.381 e. The molecule has 0 N–H and O–H groups in total. The largest absolute Gasteiger partial charge is 0.381 e. The molecule has 1 unspecified atom stereocenters. The van der Waals surface area contributed by atoms with E-state index >= 15 is 0 Å². The van der Waals surface area contributed by atoms with Gasteiger partial charge in [0.15, 0.2) is 0 Å². The van der Waals surface area contributed by atoms with E-state index in [2.05, 4.69) is 5.32 Å². The maximum absolute atomic E-state index is 5.38. The molecule has 2 heteroatoms. The number of nitrogens with zero attached hydrogens (tertiary/aromatic N) is 1. The smallest absolute Gasteiger partial charge is 0.0497 e. The van der Waals surface area contributed by atoms with E-state index in [0.717, 1.165) is 38.1 Å². The molecule has 2 aliphatic heterocycles. The van der Waals surface area contributed by atoms with Crippen LogP contribution in [0.25, 0.3) is 0 Å². The van der Waals surface area contributed by atoms with Crippen molar-refractivity contribution in [3.8, 4) is 0 Å². The van der Waals surface area contributed by atoms with Crippen LogP contribution in [0.3, 0.4) is 0 Å². The van der Waals surface area contributed by atoms with Gasteiger partial charge in [0.2, 0.25) is 0 Å². The minimum atomic E-state index is 0.866. The van der Waals surface area contributed by atoms with Crippen LogP contribution in [0.2, 0.25) is 0 Å². The van der Waals surface area contributed by atoms with E-state index in [-0.39, 0.29) is 0 Å². The first kappa shape index (κ1) is 7.56. The Bertz CT molecular complexity index is 115. The van der Waals surface area contributed by atoms with Crippen molar-refractivity contribution in [2.75, 3.05) is 26.3 Å². The number of hydrogen-bond acceptors (Lipinski definition) is 1. The van der Waals surface area contributed by atoms with Gasteiger partial charge >= 0.3 is 0 Å². The highest BCUT2D eigenvalue weighted by atomic mass is 16.5. The number of rotatable bonds is 1. The van der Waals surface area contributed by atoms with Gasteiger partial charge < -0.3 is 4.74 Å². The van der Waals surface area contributed by atoms with Crippen molar-refractivity contribution in [2.45, 2.75) is 19.3 Å². The molecule has 2 fully saturated rings. The van der Waals surface area contributed by atoms with Crippen LogP contribution in [-0.4, -0.2) is 26.3 Å². The summed E-state index contributed by atoms with van der Waals surface area (Å²) in [4.78, 5) is 0. The molecule has 0 aromatic heterocycles. The van der Waals surface area contributed by atoms with Crippen LogP contribution in [-0.2, 0) is 4.74 Å². The van der Waals surface area contributed by atoms with Crippen molar-refractivity contribution in [1.29, 1.82) is 0 Å². The van der Waals surface area contributed by atoms with Crippen molar-refractivity contribution in [3.63, 3.8) is 0 Å². The lowest BCUT2D eigenvalue weighted by atomic mass is 9.84. The Balaban J connectivity index is 1.82. The van der Waals surface area contributed by atoms with Gasteiger partial charge in [-0.3, -0.25) is 0 Å². The van der Waals surface area contributed by atoms with E-state index < -0.39 is 0 Å². The van der Waals surface area contributed by atoms with Gasteiger partial charge in [-0.25, -0.2) is 5.32 Å². The molecule has 2 nitrogen and oxygen atoms in total. The fourth-order valence-electron chi connectivity index (χ4n) is 2.17. The summed E-state index contributed by atoms with van der Waals surface area (Å²) >= 11 is 0. The summed E-state index contributed by atoms with van der Waals surface area (Å²) in [7, 11) is 0. The first-order valence-corrected chi connectivity index (χ1v) is 4.68. The summed E-state index contributed by atoms with van der Waals surface area (Å²) in [5, 5.41) is 4.36. The molecular weight excluding hydrogens is 138 g/mol. The highest BCUT2D eigenvalue weighted by Crippen LogP contribution is 2.28. The normalized spacial score (nSPS) is 34.4. The number of piperidine rings is 1. The number of hydrogen-bond donors (Lipinski definition) is 0. The molecule has 0 aromatic rings. The van der Waals surface area contributed by atoms with Gasteiger partial charge in [0, 0.05) is 26.3 Å². The van der Waals surface area contributed by atoms with E-state index in [1.54, 1.807) is 0 Å². The van der Waals surface area contributed by atoms with Crippen LogP contribution in [0.1, 0.15) is 19.3 Å². The van der Waals surface area contributed by atoms with E-state index in [4.69, 9.17) is 4.74 Å². The molecule has 2 rings (SSSR count). The second kappa shape index (κ2) is 3.55. The third kappa shape index (κ3) is 1.74. The van der Waals surface area contributed by atoms with Crippen LogP contribution < -0.4 is 5.32 Å². The minimum absolute atomic E-state index is 0.866. The summed E-state index contributed by atoms with van der Waals surface area (Å²) in [5.41, 5.74) is 0. The van der Waals surface area contributed by atoms with Crippen LogP contribution in [0.5, 0.6) is 0 Å². The standard InChI is InChI=1S/C9H16NO/c1-4-10-5-2-8(1)9-3-6-11-7-9/h8-9H,1-7H2. The topological polar surface area (TPSA) is 23.3 Å². The second-order valence-corrected chi connectivity index (χ2v) is 3.63. The first-order valence-electron chi connectivity index (χ1n) is 4.68. The fraction of sp³-hybridized carbons (Fsp3) is 1.00. The summed E-state index contributed by atoms with van der Waals surface area (Å²) in [6.45, 7) is 4.21. The summed E-state index contributed by atoms with van der Waals surface area (Å²) in [6.07, 6.45) is 3.92.